The van der Waals surface area contributed by atoms with Crippen LogP contribution in [0.1, 0.15) is 24.8 Å². The van der Waals surface area contributed by atoms with Crippen LogP contribution in [-0.4, -0.2) is 6.04 Å². The van der Waals surface area contributed by atoms with E-state index in [2.05, 4.69) is 23.5 Å². The Kier molecular flexibility index (Phi) is 3.37. The van der Waals surface area contributed by atoms with E-state index in [-0.39, 0.29) is 0 Å². The first kappa shape index (κ1) is 10.2. The van der Waals surface area contributed by atoms with Crippen molar-refractivity contribution >= 4 is 0 Å². The van der Waals surface area contributed by atoms with E-state index >= 15 is 0 Å². The van der Waals surface area contributed by atoms with Crippen LogP contribution in [0.15, 0.2) is 30.3 Å². The fraction of sp³-hybridized carbons (Fsp3) is 0.462. The minimum atomic E-state index is 0.398. The van der Waals surface area contributed by atoms with Crippen LogP contribution in [0, 0.1) is 17.2 Å². The van der Waals surface area contributed by atoms with E-state index in [4.69, 9.17) is 5.26 Å². The SMILES string of the molecule is N#CCC(NCc1ccccc1)C1CC1. The van der Waals surface area contributed by atoms with Crippen molar-refractivity contribution in [2.75, 3.05) is 0 Å². The maximum absolute atomic E-state index is 8.72. The lowest BCUT2D eigenvalue weighted by molar-refractivity contribution is 0.468. The third-order valence-electron chi connectivity index (χ3n) is 2.91. The second kappa shape index (κ2) is 4.95. The summed E-state index contributed by atoms with van der Waals surface area (Å²) in [6, 6.07) is 13.0. The molecule has 1 aliphatic rings. The molecule has 0 heterocycles. The molecule has 1 aromatic carbocycles. The third-order valence-corrected chi connectivity index (χ3v) is 2.91. The van der Waals surface area contributed by atoms with Crippen molar-refractivity contribution in [1.82, 2.24) is 5.32 Å². The zero-order valence-electron chi connectivity index (χ0n) is 8.82. The Morgan fingerprint density at radius 1 is 1.33 bits per heavy atom. The summed E-state index contributed by atoms with van der Waals surface area (Å²) in [7, 11) is 0. The van der Waals surface area contributed by atoms with Gasteiger partial charge in [0.2, 0.25) is 0 Å². The van der Waals surface area contributed by atoms with Gasteiger partial charge in [-0.1, -0.05) is 30.3 Å². The Morgan fingerprint density at radius 3 is 2.67 bits per heavy atom. The lowest BCUT2D eigenvalue weighted by Crippen LogP contribution is -2.30. The second-order valence-electron chi connectivity index (χ2n) is 4.17. The molecule has 0 amide bonds. The van der Waals surface area contributed by atoms with Crippen molar-refractivity contribution in [1.29, 1.82) is 5.26 Å². The van der Waals surface area contributed by atoms with Gasteiger partial charge in [0.1, 0.15) is 0 Å². The number of hydrogen-bond donors (Lipinski definition) is 1. The van der Waals surface area contributed by atoms with Crippen molar-refractivity contribution in [3.05, 3.63) is 35.9 Å². The molecule has 15 heavy (non-hydrogen) atoms. The minimum absolute atomic E-state index is 0.398. The number of nitriles is 1. The molecule has 78 valence electrons. The van der Waals surface area contributed by atoms with Crippen molar-refractivity contribution in [3.8, 4) is 6.07 Å². The van der Waals surface area contributed by atoms with E-state index in [0.29, 0.717) is 12.5 Å². The molecule has 0 aliphatic heterocycles. The highest BCUT2D eigenvalue weighted by atomic mass is 14.9. The number of rotatable bonds is 5. The Labute approximate surface area is 90.9 Å². The third kappa shape index (κ3) is 3.07. The largest absolute Gasteiger partial charge is 0.309 e. The van der Waals surface area contributed by atoms with Crippen molar-refractivity contribution in [2.24, 2.45) is 5.92 Å². The minimum Gasteiger partial charge on any atom is -0.309 e. The second-order valence-corrected chi connectivity index (χ2v) is 4.17. The predicted octanol–water partition coefficient (Wildman–Crippen LogP) is 2.47. The van der Waals surface area contributed by atoms with Gasteiger partial charge in [-0.05, 0) is 24.3 Å². The van der Waals surface area contributed by atoms with Gasteiger partial charge in [-0.3, -0.25) is 0 Å². The topological polar surface area (TPSA) is 35.8 Å². The van der Waals surface area contributed by atoms with Crippen LogP contribution >= 0.6 is 0 Å². The van der Waals surface area contributed by atoms with Gasteiger partial charge in [0.25, 0.3) is 0 Å². The molecule has 1 saturated carbocycles. The van der Waals surface area contributed by atoms with Gasteiger partial charge in [-0.15, -0.1) is 0 Å². The predicted molar refractivity (Wildman–Crippen MR) is 60.0 cm³/mol. The molecule has 0 bridgehead atoms. The molecule has 2 heteroatoms. The van der Waals surface area contributed by atoms with Gasteiger partial charge in [0.05, 0.1) is 12.5 Å². The van der Waals surface area contributed by atoms with Crippen molar-refractivity contribution < 1.29 is 0 Å². The number of hydrogen-bond acceptors (Lipinski definition) is 2. The van der Waals surface area contributed by atoms with Gasteiger partial charge in [-0.25, -0.2) is 0 Å². The summed E-state index contributed by atoms with van der Waals surface area (Å²) in [6.45, 7) is 0.879. The van der Waals surface area contributed by atoms with Gasteiger partial charge in [0.15, 0.2) is 0 Å². The van der Waals surface area contributed by atoms with Crippen LogP contribution in [-0.2, 0) is 6.54 Å². The van der Waals surface area contributed by atoms with Crippen molar-refractivity contribution in [3.63, 3.8) is 0 Å². The number of benzene rings is 1. The summed E-state index contributed by atoms with van der Waals surface area (Å²) in [5.41, 5.74) is 1.29. The quantitative estimate of drug-likeness (QED) is 0.792. The average Bonchev–Trinajstić information content (AvgIpc) is 3.09. The lowest BCUT2D eigenvalue weighted by atomic mass is 10.1. The summed E-state index contributed by atoms with van der Waals surface area (Å²) < 4.78 is 0. The van der Waals surface area contributed by atoms with Gasteiger partial charge >= 0.3 is 0 Å². The molecule has 0 radical (unpaired) electrons. The highest BCUT2D eigenvalue weighted by Crippen LogP contribution is 2.33. The lowest BCUT2D eigenvalue weighted by Gasteiger charge is -2.14. The molecular weight excluding hydrogens is 184 g/mol. The normalized spacial score (nSPS) is 17.0. The highest BCUT2D eigenvalue weighted by molar-refractivity contribution is 5.14. The first-order valence-electron chi connectivity index (χ1n) is 5.54. The molecule has 1 aliphatic carbocycles. The summed E-state index contributed by atoms with van der Waals surface area (Å²) >= 11 is 0. The zero-order valence-corrected chi connectivity index (χ0v) is 8.82. The van der Waals surface area contributed by atoms with Crippen LogP contribution in [0.5, 0.6) is 0 Å². The van der Waals surface area contributed by atoms with Crippen LogP contribution in [0.25, 0.3) is 0 Å². The molecule has 1 N–H and O–H groups in total. The van der Waals surface area contributed by atoms with Gasteiger partial charge in [-0.2, -0.15) is 5.26 Å². The molecule has 2 rings (SSSR count). The Hall–Kier alpha value is -1.33. The molecule has 2 nitrogen and oxygen atoms in total. The Balaban J connectivity index is 1.83. The molecule has 1 fully saturated rings. The van der Waals surface area contributed by atoms with Crippen LogP contribution < -0.4 is 5.32 Å². The molecule has 0 spiro atoms. The molecular formula is C13H16N2. The first-order chi connectivity index (χ1) is 7.40. The highest BCUT2D eigenvalue weighted by Gasteiger charge is 2.30. The van der Waals surface area contributed by atoms with Crippen LogP contribution in [0.3, 0.4) is 0 Å². The van der Waals surface area contributed by atoms with E-state index in [1.165, 1.54) is 18.4 Å². The Bertz CT molecular complexity index is 335. The monoisotopic (exact) mass is 200 g/mol. The van der Waals surface area contributed by atoms with E-state index in [1.54, 1.807) is 0 Å². The van der Waals surface area contributed by atoms with E-state index in [0.717, 1.165) is 12.5 Å². The average molecular weight is 200 g/mol. The summed E-state index contributed by atoms with van der Waals surface area (Å²) in [6.07, 6.45) is 3.21. The Morgan fingerprint density at radius 2 is 2.07 bits per heavy atom. The number of nitrogens with zero attached hydrogens (tertiary/aromatic N) is 1. The van der Waals surface area contributed by atoms with E-state index < -0.39 is 0 Å². The van der Waals surface area contributed by atoms with E-state index in [9.17, 15) is 0 Å². The standard InChI is InChI=1S/C13H16N2/c14-9-8-13(12-6-7-12)15-10-11-4-2-1-3-5-11/h1-5,12-13,15H,6-8,10H2. The smallest absolute Gasteiger partial charge is 0.0638 e. The molecule has 1 unspecified atom stereocenters. The summed E-state index contributed by atoms with van der Waals surface area (Å²) in [5.74, 6) is 0.744. The summed E-state index contributed by atoms with van der Waals surface area (Å²) in [5, 5.41) is 12.2. The van der Waals surface area contributed by atoms with Crippen LogP contribution in [0.2, 0.25) is 0 Å². The zero-order chi connectivity index (χ0) is 10.5. The molecule has 1 aromatic rings. The molecule has 1 atom stereocenters. The fourth-order valence-electron chi connectivity index (χ4n) is 1.85. The van der Waals surface area contributed by atoms with Crippen molar-refractivity contribution in [2.45, 2.75) is 31.8 Å². The van der Waals surface area contributed by atoms with Crippen LogP contribution in [0.4, 0.5) is 0 Å². The fourth-order valence-corrected chi connectivity index (χ4v) is 1.85. The summed E-state index contributed by atoms with van der Waals surface area (Å²) in [4.78, 5) is 0. The first-order valence-corrected chi connectivity index (χ1v) is 5.54. The maximum Gasteiger partial charge on any atom is 0.0638 e. The van der Waals surface area contributed by atoms with Gasteiger partial charge in [0, 0.05) is 12.6 Å². The molecule has 0 saturated heterocycles. The van der Waals surface area contributed by atoms with Gasteiger partial charge < -0.3 is 5.32 Å². The molecule has 0 aromatic heterocycles. The van der Waals surface area contributed by atoms with E-state index in [1.807, 2.05) is 18.2 Å². The number of nitrogens with one attached hydrogen (secondary N) is 1. The maximum atomic E-state index is 8.72.